The second-order valence-electron chi connectivity index (χ2n) is 5.71. The van der Waals surface area contributed by atoms with E-state index in [-0.39, 0.29) is 11.9 Å². The normalized spacial score (nSPS) is 18.5. The van der Waals surface area contributed by atoms with Gasteiger partial charge < -0.3 is 10.0 Å². The molecule has 0 unspecified atom stereocenters. The number of β-amino-alcohol motifs (C(OH)–C–C–N with tert-alkyl or cyclic N) is 1. The molecule has 1 aliphatic heterocycles. The second kappa shape index (κ2) is 5.58. The number of benzene rings is 1. The number of hydrogen-bond donors (Lipinski definition) is 1. The molecule has 118 valence electrons. The summed E-state index contributed by atoms with van der Waals surface area (Å²) in [5.74, 6) is 0.744. The van der Waals surface area contributed by atoms with E-state index in [0.29, 0.717) is 23.6 Å². The topological polar surface area (TPSA) is 66.5 Å². The molecule has 0 radical (unpaired) electrons. The number of anilines is 1. The fraction of sp³-hybridized carbons (Fsp3) is 0.312. The van der Waals surface area contributed by atoms with Gasteiger partial charge in [0.2, 0.25) is 0 Å². The minimum atomic E-state index is -0.359. The highest BCUT2D eigenvalue weighted by Crippen LogP contribution is 2.23. The van der Waals surface area contributed by atoms with E-state index in [1.54, 1.807) is 28.8 Å². The lowest BCUT2D eigenvalue weighted by Crippen LogP contribution is -2.38. The van der Waals surface area contributed by atoms with E-state index in [1.165, 1.54) is 6.07 Å². The first kappa shape index (κ1) is 14.1. The lowest BCUT2D eigenvalue weighted by atomic mass is 10.1. The number of aliphatic hydroxyl groups is 1. The zero-order valence-electron chi connectivity index (χ0n) is 12.4. The molecule has 1 saturated heterocycles. The number of hydrogen-bond acceptors (Lipinski definition) is 5. The SMILES string of the molecule is O[C@@H]1CCCN(c2ccc3nnc(-c4ccccc4F)n3n2)C1. The fourth-order valence-electron chi connectivity index (χ4n) is 2.92. The quantitative estimate of drug-likeness (QED) is 0.782. The first-order valence-corrected chi connectivity index (χ1v) is 7.63. The first-order valence-electron chi connectivity index (χ1n) is 7.63. The Bertz CT molecular complexity index is 849. The van der Waals surface area contributed by atoms with Crippen molar-refractivity contribution in [2.45, 2.75) is 18.9 Å². The highest BCUT2D eigenvalue weighted by atomic mass is 19.1. The van der Waals surface area contributed by atoms with Crippen LogP contribution in [0, 0.1) is 5.82 Å². The standard InChI is InChI=1S/C16H16FN5O/c17-13-6-2-1-5-12(13)16-19-18-14-7-8-15(20-22(14)16)21-9-3-4-11(23)10-21/h1-2,5-8,11,23H,3-4,9-10H2/t11-/m1/s1. The molecule has 2 aromatic heterocycles. The summed E-state index contributed by atoms with van der Waals surface area (Å²) in [6.45, 7) is 1.39. The third-order valence-corrected chi connectivity index (χ3v) is 4.08. The molecule has 7 heteroatoms. The number of rotatable bonds is 2. The Hall–Kier alpha value is -2.54. The van der Waals surface area contributed by atoms with Gasteiger partial charge in [-0.05, 0) is 37.1 Å². The van der Waals surface area contributed by atoms with Crippen LogP contribution in [-0.2, 0) is 0 Å². The number of halogens is 1. The van der Waals surface area contributed by atoms with Crippen molar-refractivity contribution >= 4 is 11.5 Å². The van der Waals surface area contributed by atoms with Gasteiger partial charge in [0.25, 0.3) is 0 Å². The molecule has 23 heavy (non-hydrogen) atoms. The van der Waals surface area contributed by atoms with Gasteiger partial charge in [0.1, 0.15) is 11.6 Å². The zero-order valence-corrected chi connectivity index (χ0v) is 12.4. The minimum absolute atomic E-state index is 0.340. The zero-order chi connectivity index (χ0) is 15.8. The molecule has 0 amide bonds. The van der Waals surface area contributed by atoms with Crippen molar-refractivity contribution in [3.63, 3.8) is 0 Å². The molecule has 0 bridgehead atoms. The van der Waals surface area contributed by atoms with Crippen LogP contribution in [0.4, 0.5) is 10.2 Å². The molecule has 0 aliphatic carbocycles. The van der Waals surface area contributed by atoms with Crippen LogP contribution in [-0.4, -0.2) is 44.1 Å². The predicted octanol–water partition coefficient (Wildman–Crippen LogP) is 1.89. The van der Waals surface area contributed by atoms with Gasteiger partial charge in [-0.1, -0.05) is 12.1 Å². The van der Waals surface area contributed by atoms with E-state index in [0.717, 1.165) is 25.2 Å². The van der Waals surface area contributed by atoms with Crippen molar-refractivity contribution in [1.29, 1.82) is 0 Å². The fourth-order valence-corrected chi connectivity index (χ4v) is 2.92. The van der Waals surface area contributed by atoms with Gasteiger partial charge in [0, 0.05) is 13.1 Å². The Balaban J connectivity index is 1.79. The summed E-state index contributed by atoms with van der Waals surface area (Å²) < 4.78 is 15.6. The number of aromatic nitrogens is 4. The lowest BCUT2D eigenvalue weighted by molar-refractivity contribution is 0.153. The molecule has 1 aliphatic rings. The Morgan fingerprint density at radius 2 is 2.00 bits per heavy atom. The summed E-state index contributed by atoms with van der Waals surface area (Å²) in [5, 5.41) is 22.5. The predicted molar refractivity (Wildman–Crippen MR) is 83.6 cm³/mol. The number of piperidine rings is 1. The van der Waals surface area contributed by atoms with E-state index < -0.39 is 0 Å². The van der Waals surface area contributed by atoms with Gasteiger partial charge in [-0.25, -0.2) is 4.39 Å². The Morgan fingerprint density at radius 1 is 1.13 bits per heavy atom. The maximum absolute atomic E-state index is 14.0. The third kappa shape index (κ3) is 2.53. The summed E-state index contributed by atoms with van der Waals surface area (Å²) in [6.07, 6.45) is 1.39. The molecular weight excluding hydrogens is 297 g/mol. The van der Waals surface area contributed by atoms with Gasteiger partial charge in [-0.2, -0.15) is 4.52 Å². The van der Waals surface area contributed by atoms with Crippen molar-refractivity contribution in [3.05, 3.63) is 42.2 Å². The summed E-state index contributed by atoms with van der Waals surface area (Å²) in [6, 6.07) is 10.1. The molecule has 3 heterocycles. The third-order valence-electron chi connectivity index (χ3n) is 4.08. The van der Waals surface area contributed by atoms with Crippen molar-refractivity contribution in [2.24, 2.45) is 0 Å². The van der Waals surface area contributed by atoms with Crippen LogP contribution in [0.5, 0.6) is 0 Å². The van der Waals surface area contributed by atoms with Crippen LogP contribution < -0.4 is 4.90 Å². The summed E-state index contributed by atoms with van der Waals surface area (Å²) in [5.41, 5.74) is 0.924. The molecule has 0 spiro atoms. The van der Waals surface area contributed by atoms with E-state index >= 15 is 0 Å². The van der Waals surface area contributed by atoms with Crippen LogP contribution >= 0.6 is 0 Å². The van der Waals surface area contributed by atoms with Crippen molar-refractivity contribution in [1.82, 2.24) is 19.8 Å². The van der Waals surface area contributed by atoms with E-state index in [9.17, 15) is 9.50 Å². The summed E-state index contributed by atoms with van der Waals surface area (Å²) in [4.78, 5) is 2.03. The minimum Gasteiger partial charge on any atom is -0.391 e. The van der Waals surface area contributed by atoms with E-state index in [2.05, 4.69) is 15.3 Å². The summed E-state index contributed by atoms with van der Waals surface area (Å²) >= 11 is 0. The molecule has 3 aromatic rings. The van der Waals surface area contributed by atoms with Gasteiger partial charge in [-0.15, -0.1) is 15.3 Å². The van der Waals surface area contributed by atoms with Crippen LogP contribution in [0.2, 0.25) is 0 Å². The van der Waals surface area contributed by atoms with Gasteiger partial charge >= 0.3 is 0 Å². The maximum Gasteiger partial charge on any atom is 0.188 e. The number of aliphatic hydroxyl groups excluding tert-OH is 1. The van der Waals surface area contributed by atoms with Crippen LogP contribution in [0.25, 0.3) is 17.0 Å². The van der Waals surface area contributed by atoms with Crippen LogP contribution in [0.3, 0.4) is 0 Å². The van der Waals surface area contributed by atoms with Crippen LogP contribution in [0.1, 0.15) is 12.8 Å². The van der Waals surface area contributed by atoms with Gasteiger partial charge in [0.15, 0.2) is 11.5 Å². The average molecular weight is 313 g/mol. The number of fused-ring (bicyclic) bond motifs is 1. The molecule has 1 N–H and O–H groups in total. The smallest absolute Gasteiger partial charge is 0.188 e. The highest BCUT2D eigenvalue weighted by Gasteiger charge is 2.20. The van der Waals surface area contributed by atoms with Crippen LogP contribution in [0.15, 0.2) is 36.4 Å². The Kier molecular flexibility index (Phi) is 3.42. The Labute approximate surface area is 132 Å². The molecule has 1 atom stereocenters. The average Bonchev–Trinajstić information content (AvgIpc) is 2.98. The first-order chi connectivity index (χ1) is 11.2. The number of nitrogens with zero attached hydrogens (tertiary/aromatic N) is 5. The molecule has 0 saturated carbocycles. The van der Waals surface area contributed by atoms with Crippen molar-refractivity contribution < 1.29 is 9.50 Å². The summed E-state index contributed by atoms with van der Waals surface area (Å²) in [7, 11) is 0. The van der Waals surface area contributed by atoms with Gasteiger partial charge in [-0.3, -0.25) is 0 Å². The van der Waals surface area contributed by atoms with E-state index in [1.807, 2.05) is 11.0 Å². The Morgan fingerprint density at radius 3 is 2.83 bits per heavy atom. The largest absolute Gasteiger partial charge is 0.391 e. The second-order valence-corrected chi connectivity index (χ2v) is 5.71. The maximum atomic E-state index is 14.0. The van der Waals surface area contributed by atoms with E-state index in [4.69, 9.17) is 0 Å². The molecule has 4 rings (SSSR count). The monoisotopic (exact) mass is 313 g/mol. The van der Waals surface area contributed by atoms with Gasteiger partial charge in [0.05, 0.1) is 11.7 Å². The highest BCUT2D eigenvalue weighted by molar-refractivity contribution is 5.60. The van der Waals surface area contributed by atoms with Crippen molar-refractivity contribution in [2.75, 3.05) is 18.0 Å². The molecule has 6 nitrogen and oxygen atoms in total. The molecule has 1 fully saturated rings. The molecule has 1 aromatic carbocycles. The lowest BCUT2D eigenvalue weighted by Gasteiger charge is -2.30. The van der Waals surface area contributed by atoms with Crippen molar-refractivity contribution in [3.8, 4) is 11.4 Å². The molecular formula is C16H16FN5O.